The first kappa shape index (κ1) is 12.4. The minimum atomic E-state index is -1.05. The maximum atomic E-state index is 10.9. The van der Waals surface area contributed by atoms with Gasteiger partial charge in [-0.15, -0.1) is 0 Å². The highest BCUT2D eigenvalue weighted by molar-refractivity contribution is 5.90. The number of rotatable bonds is 6. The van der Waals surface area contributed by atoms with E-state index in [0.717, 1.165) is 0 Å². The molecule has 1 atom stereocenters. The van der Waals surface area contributed by atoms with Crippen LogP contribution in [0.25, 0.3) is 0 Å². The number of carboxylic acid groups (broad SMARTS) is 1. The molecule has 0 bridgehead atoms. The minimum absolute atomic E-state index is 0.0610. The SMILES string of the molecule is CCOCC(C)Oc1ccncc1C(=O)O. The number of hydrogen-bond donors (Lipinski definition) is 1. The summed E-state index contributed by atoms with van der Waals surface area (Å²) >= 11 is 0. The molecule has 16 heavy (non-hydrogen) atoms. The smallest absolute Gasteiger partial charge is 0.341 e. The standard InChI is InChI=1S/C11H15NO4/c1-3-15-7-8(2)16-10-4-5-12-6-9(10)11(13)14/h4-6,8H,3,7H2,1-2H3,(H,13,14). The normalized spacial score (nSPS) is 12.1. The number of hydrogen-bond acceptors (Lipinski definition) is 4. The quantitative estimate of drug-likeness (QED) is 0.796. The summed E-state index contributed by atoms with van der Waals surface area (Å²) in [5.41, 5.74) is 0.0610. The van der Waals surface area contributed by atoms with Gasteiger partial charge in [0.15, 0.2) is 0 Å². The van der Waals surface area contributed by atoms with Crippen molar-refractivity contribution in [1.82, 2.24) is 4.98 Å². The van der Waals surface area contributed by atoms with E-state index in [0.29, 0.717) is 19.0 Å². The fraction of sp³-hybridized carbons (Fsp3) is 0.455. The van der Waals surface area contributed by atoms with Gasteiger partial charge in [0.2, 0.25) is 0 Å². The number of carboxylic acids is 1. The van der Waals surface area contributed by atoms with Gasteiger partial charge < -0.3 is 14.6 Å². The molecule has 0 amide bonds. The number of nitrogens with zero attached hydrogens (tertiary/aromatic N) is 1. The van der Waals surface area contributed by atoms with Gasteiger partial charge in [0.25, 0.3) is 0 Å². The molecule has 1 N–H and O–H groups in total. The molecule has 1 heterocycles. The fourth-order valence-electron chi connectivity index (χ4n) is 1.18. The minimum Gasteiger partial charge on any atom is -0.487 e. The Bertz CT molecular complexity index is 354. The molecule has 1 rings (SSSR count). The summed E-state index contributed by atoms with van der Waals surface area (Å²) in [6.45, 7) is 4.75. The van der Waals surface area contributed by atoms with E-state index in [1.165, 1.54) is 18.5 Å². The van der Waals surface area contributed by atoms with Crippen LogP contribution in [0.5, 0.6) is 5.75 Å². The summed E-state index contributed by atoms with van der Waals surface area (Å²) in [4.78, 5) is 14.6. The maximum absolute atomic E-state index is 10.9. The third kappa shape index (κ3) is 3.51. The number of pyridine rings is 1. The highest BCUT2D eigenvalue weighted by Crippen LogP contribution is 2.17. The third-order valence-electron chi connectivity index (χ3n) is 1.90. The zero-order valence-corrected chi connectivity index (χ0v) is 9.34. The number of aromatic carboxylic acids is 1. The Morgan fingerprint density at radius 1 is 1.62 bits per heavy atom. The molecule has 1 aromatic heterocycles. The zero-order chi connectivity index (χ0) is 12.0. The van der Waals surface area contributed by atoms with E-state index in [-0.39, 0.29) is 11.7 Å². The lowest BCUT2D eigenvalue weighted by atomic mass is 10.2. The van der Waals surface area contributed by atoms with Crippen LogP contribution in [0.2, 0.25) is 0 Å². The molecule has 5 heteroatoms. The van der Waals surface area contributed by atoms with Gasteiger partial charge >= 0.3 is 5.97 Å². The maximum Gasteiger partial charge on any atom is 0.341 e. The van der Waals surface area contributed by atoms with Crippen LogP contribution in [-0.2, 0) is 4.74 Å². The van der Waals surface area contributed by atoms with Gasteiger partial charge in [-0.05, 0) is 19.9 Å². The molecule has 0 spiro atoms. The van der Waals surface area contributed by atoms with E-state index < -0.39 is 5.97 Å². The van der Waals surface area contributed by atoms with E-state index >= 15 is 0 Å². The Hall–Kier alpha value is -1.62. The van der Waals surface area contributed by atoms with Crippen LogP contribution in [-0.4, -0.2) is 35.4 Å². The second-order valence-electron chi connectivity index (χ2n) is 3.26. The van der Waals surface area contributed by atoms with Crippen LogP contribution >= 0.6 is 0 Å². The molecule has 0 aromatic carbocycles. The molecular formula is C11H15NO4. The third-order valence-corrected chi connectivity index (χ3v) is 1.90. The van der Waals surface area contributed by atoms with Crippen molar-refractivity contribution in [3.05, 3.63) is 24.0 Å². The molecule has 0 aliphatic carbocycles. The van der Waals surface area contributed by atoms with Gasteiger partial charge in [0.1, 0.15) is 17.4 Å². The van der Waals surface area contributed by atoms with Crippen molar-refractivity contribution in [2.45, 2.75) is 20.0 Å². The highest BCUT2D eigenvalue weighted by atomic mass is 16.5. The summed E-state index contributed by atoms with van der Waals surface area (Å²) in [5, 5.41) is 8.90. The monoisotopic (exact) mass is 225 g/mol. The van der Waals surface area contributed by atoms with Crippen LogP contribution in [0.4, 0.5) is 0 Å². The summed E-state index contributed by atoms with van der Waals surface area (Å²) in [6.07, 6.45) is 2.57. The van der Waals surface area contributed by atoms with Crippen LogP contribution in [0.3, 0.4) is 0 Å². The van der Waals surface area contributed by atoms with Gasteiger partial charge in [-0.25, -0.2) is 4.79 Å². The van der Waals surface area contributed by atoms with Crippen molar-refractivity contribution in [2.24, 2.45) is 0 Å². The molecule has 88 valence electrons. The Morgan fingerprint density at radius 2 is 2.38 bits per heavy atom. The van der Waals surface area contributed by atoms with Gasteiger partial charge in [-0.1, -0.05) is 0 Å². The second kappa shape index (κ2) is 6.07. The van der Waals surface area contributed by atoms with Gasteiger partial charge in [0, 0.05) is 19.0 Å². The van der Waals surface area contributed by atoms with Crippen LogP contribution in [0.1, 0.15) is 24.2 Å². The largest absolute Gasteiger partial charge is 0.487 e. The van der Waals surface area contributed by atoms with Gasteiger partial charge in [0.05, 0.1) is 6.61 Å². The lowest BCUT2D eigenvalue weighted by molar-refractivity contribution is 0.0606. The van der Waals surface area contributed by atoms with E-state index in [4.69, 9.17) is 14.6 Å². The van der Waals surface area contributed by atoms with Crippen molar-refractivity contribution in [3.63, 3.8) is 0 Å². The lowest BCUT2D eigenvalue weighted by Crippen LogP contribution is -2.20. The van der Waals surface area contributed by atoms with Crippen molar-refractivity contribution in [1.29, 1.82) is 0 Å². The molecule has 0 radical (unpaired) electrons. The molecular weight excluding hydrogens is 210 g/mol. The summed E-state index contributed by atoms with van der Waals surface area (Å²) in [5.74, 6) is -0.735. The first-order valence-corrected chi connectivity index (χ1v) is 5.06. The molecule has 0 aliphatic heterocycles. The second-order valence-corrected chi connectivity index (χ2v) is 3.26. The first-order valence-electron chi connectivity index (χ1n) is 5.06. The topological polar surface area (TPSA) is 68.7 Å². The molecule has 0 saturated carbocycles. The summed E-state index contributed by atoms with van der Waals surface area (Å²) < 4.78 is 10.6. The van der Waals surface area contributed by atoms with Crippen molar-refractivity contribution in [2.75, 3.05) is 13.2 Å². The van der Waals surface area contributed by atoms with Crippen LogP contribution < -0.4 is 4.74 Å². The predicted octanol–water partition coefficient (Wildman–Crippen LogP) is 1.58. The first-order chi connectivity index (χ1) is 7.65. The van der Waals surface area contributed by atoms with E-state index in [2.05, 4.69) is 4.98 Å². The Morgan fingerprint density at radius 3 is 3.00 bits per heavy atom. The molecule has 0 saturated heterocycles. The lowest BCUT2D eigenvalue weighted by Gasteiger charge is -2.15. The van der Waals surface area contributed by atoms with Crippen LogP contribution in [0, 0.1) is 0 Å². The average Bonchev–Trinajstić information content (AvgIpc) is 2.27. The predicted molar refractivity (Wildman–Crippen MR) is 57.8 cm³/mol. The number of carbonyl (C=O) groups is 1. The molecule has 1 aromatic rings. The molecule has 5 nitrogen and oxygen atoms in total. The summed E-state index contributed by atoms with van der Waals surface area (Å²) in [6, 6.07) is 1.53. The van der Waals surface area contributed by atoms with E-state index in [1.807, 2.05) is 13.8 Å². The average molecular weight is 225 g/mol. The van der Waals surface area contributed by atoms with Gasteiger partial charge in [-0.3, -0.25) is 4.98 Å². The molecule has 1 unspecified atom stereocenters. The van der Waals surface area contributed by atoms with E-state index in [9.17, 15) is 4.79 Å². The van der Waals surface area contributed by atoms with Crippen LogP contribution in [0.15, 0.2) is 18.5 Å². The number of aromatic nitrogens is 1. The van der Waals surface area contributed by atoms with Crippen molar-refractivity contribution in [3.8, 4) is 5.75 Å². The Kier molecular flexibility index (Phi) is 4.72. The Balaban J connectivity index is 2.69. The molecule has 0 fully saturated rings. The summed E-state index contributed by atoms with van der Waals surface area (Å²) in [7, 11) is 0. The van der Waals surface area contributed by atoms with Gasteiger partial charge in [-0.2, -0.15) is 0 Å². The van der Waals surface area contributed by atoms with Crippen molar-refractivity contribution >= 4 is 5.97 Å². The van der Waals surface area contributed by atoms with Crippen molar-refractivity contribution < 1.29 is 19.4 Å². The number of ether oxygens (including phenoxy) is 2. The Labute approximate surface area is 94.0 Å². The highest BCUT2D eigenvalue weighted by Gasteiger charge is 2.13. The fourth-order valence-corrected chi connectivity index (χ4v) is 1.18. The molecule has 0 aliphatic rings. The zero-order valence-electron chi connectivity index (χ0n) is 9.34. The van der Waals surface area contributed by atoms with E-state index in [1.54, 1.807) is 0 Å².